The molecule has 2 unspecified atom stereocenters. The van der Waals surface area contributed by atoms with E-state index in [4.69, 9.17) is 0 Å². The third-order valence-electron chi connectivity index (χ3n) is 4.72. The largest absolute Gasteiger partial charge is 0.301 e. The van der Waals surface area contributed by atoms with E-state index in [1.807, 2.05) is 36.4 Å². The summed E-state index contributed by atoms with van der Waals surface area (Å²) < 4.78 is 0. The first-order valence-corrected chi connectivity index (χ1v) is 7.85. The topological polar surface area (TPSA) is 29.1 Å². The van der Waals surface area contributed by atoms with E-state index in [1.54, 1.807) is 0 Å². The van der Waals surface area contributed by atoms with Crippen LogP contribution in [0.2, 0.25) is 0 Å². The van der Waals surface area contributed by atoms with Crippen molar-refractivity contribution < 1.29 is 4.79 Å². The molecule has 2 aromatic rings. The van der Waals surface area contributed by atoms with Crippen LogP contribution in [-0.2, 0) is 16.8 Å². The zero-order valence-corrected chi connectivity index (χ0v) is 13.5. The Labute approximate surface area is 132 Å². The molecule has 22 heavy (non-hydrogen) atoms. The molecule has 3 rings (SSSR count). The summed E-state index contributed by atoms with van der Waals surface area (Å²) in [7, 11) is 0. The van der Waals surface area contributed by atoms with Crippen LogP contribution in [0.15, 0.2) is 54.6 Å². The molecule has 0 aromatic heterocycles. The molecule has 114 valence electrons. The highest BCUT2D eigenvalue weighted by Gasteiger charge is 2.44. The molecular formula is C20H23NO. The maximum atomic E-state index is 12.3. The van der Waals surface area contributed by atoms with E-state index in [0.717, 1.165) is 23.8 Å². The molecule has 1 aliphatic heterocycles. The molecule has 0 radical (unpaired) electrons. The van der Waals surface area contributed by atoms with Gasteiger partial charge >= 0.3 is 0 Å². The molecule has 1 aliphatic rings. The van der Waals surface area contributed by atoms with E-state index in [9.17, 15) is 4.79 Å². The van der Waals surface area contributed by atoms with Crippen molar-refractivity contribution >= 4 is 6.29 Å². The Balaban J connectivity index is 2.21. The van der Waals surface area contributed by atoms with Crippen LogP contribution in [-0.4, -0.2) is 12.3 Å². The SMILES string of the molecule is CC(C)(C)C1Cc2ccccc2C(C=O)(c2ccccc2)N1. The maximum absolute atomic E-state index is 12.3. The van der Waals surface area contributed by atoms with Gasteiger partial charge in [-0.05, 0) is 28.5 Å². The summed E-state index contributed by atoms with van der Waals surface area (Å²) in [6.45, 7) is 6.66. The van der Waals surface area contributed by atoms with E-state index in [0.29, 0.717) is 0 Å². The van der Waals surface area contributed by atoms with Gasteiger partial charge in [0.15, 0.2) is 0 Å². The van der Waals surface area contributed by atoms with Crippen molar-refractivity contribution in [3.63, 3.8) is 0 Å². The summed E-state index contributed by atoms with van der Waals surface area (Å²) in [5.74, 6) is 0. The van der Waals surface area contributed by atoms with Crippen LogP contribution < -0.4 is 5.32 Å². The predicted octanol–water partition coefficient (Wildman–Crippen LogP) is 3.69. The number of hydrogen-bond donors (Lipinski definition) is 1. The van der Waals surface area contributed by atoms with Crippen molar-refractivity contribution in [1.29, 1.82) is 0 Å². The number of carbonyl (C=O) groups is 1. The average molecular weight is 293 g/mol. The predicted molar refractivity (Wildman–Crippen MR) is 89.8 cm³/mol. The molecule has 0 aliphatic carbocycles. The van der Waals surface area contributed by atoms with Crippen LogP contribution in [0.25, 0.3) is 0 Å². The number of benzene rings is 2. The van der Waals surface area contributed by atoms with Crippen LogP contribution in [0.1, 0.15) is 37.5 Å². The maximum Gasteiger partial charge on any atom is 0.149 e. The summed E-state index contributed by atoms with van der Waals surface area (Å²) in [6.07, 6.45) is 2.02. The van der Waals surface area contributed by atoms with Gasteiger partial charge in [0, 0.05) is 6.04 Å². The molecule has 1 heterocycles. The number of carbonyl (C=O) groups excluding carboxylic acids is 1. The normalized spacial score (nSPS) is 24.6. The Hall–Kier alpha value is -1.93. The first-order chi connectivity index (χ1) is 10.5. The first kappa shape index (κ1) is 15.0. The summed E-state index contributed by atoms with van der Waals surface area (Å²) in [4.78, 5) is 12.3. The third-order valence-corrected chi connectivity index (χ3v) is 4.72. The Bertz CT molecular complexity index is 672. The lowest BCUT2D eigenvalue weighted by atomic mass is 9.71. The lowest BCUT2D eigenvalue weighted by Gasteiger charge is -2.45. The molecule has 1 N–H and O–H groups in total. The third kappa shape index (κ3) is 2.38. The van der Waals surface area contributed by atoms with Crippen molar-refractivity contribution in [1.82, 2.24) is 5.32 Å². The molecule has 2 nitrogen and oxygen atoms in total. The summed E-state index contributed by atoms with van der Waals surface area (Å²) in [5.41, 5.74) is 2.67. The summed E-state index contributed by atoms with van der Waals surface area (Å²) >= 11 is 0. The second-order valence-corrected chi connectivity index (χ2v) is 7.22. The van der Waals surface area contributed by atoms with Gasteiger partial charge in [-0.15, -0.1) is 0 Å². The molecule has 0 bridgehead atoms. The highest BCUT2D eigenvalue weighted by molar-refractivity contribution is 5.76. The second-order valence-electron chi connectivity index (χ2n) is 7.22. The van der Waals surface area contributed by atoms with Gasteiger partial charge < -0.3 is 4.79 Å². The van der Waals surface area contributed by atoms with Crippen LogP contribution >= 0.6 is 0 Å². The lowest BCUT2D eigenvalue weighted by molar-refractivity contribution is -0.113. The van der Waals surface area contributed by atoms with Gasteiger partial charge in [-0.2, -0.15) is 0 Å². The molecule has 2 aromatic carbocycles. The van der Waals surface area contributed by atoms with Crippen LogP contribution in [0.4, 0.5) is 0 Å². The van der Waals surface area contributed by atoms with E-state index in [1.165, 1.54) is 5.56 Å². The van der Waals surface area contributed by atoms with Gasteiger partial charge in [-0.1, -0.05) is 75.4 Å². The van der Waals surface area contributed by atoms with Gasteiger partial charge in [0.05, 0.1) is 0 Å². The summed E-state index contributed by atoms with van der Waals surface area (Å²) in [6, 6.07) is 18.6. The lowest BCUT2D eigenvalue weighted by Crippen LogP contribution is -2.58. The average Bonchev–Trinajstić information content (AvgIpc) is 2.53. The van der Waals surface area contributed by atoms with Crippen molar-refractivity contribution in [2.24, 2.45) is 5.41 Å². The Morgan fingerprint density at radius 2 is 1.68 bits per heavy atom. The Morgan fingerprint density at radius 1 is 1.05 bits per heavy atom. The Morgan fingerprint density at radius 3 is 2.32 bits per heavy atom. The minimum absolute atomic E-state index is 0.0799. The molecule has 0 saturated heterocycles. The fourth-order valence-electron chi connectivity index (χ4n) is 3.33. The van der Waals surface area contributed by atoms with E-state index >= 15 is 0 Å². The van der Waals surface area contributed by atoms with E-state index < -0.39 is 5.54 Å². The summed E-state index contributed by atoms with van der Waals surface area (Å²) in [5, 5.41) is 3.66. The van der Waals surface area contributed by atoms with Crippen molar-refractivity contribution in [3.8, 4) is 0 Å². The molecule has 2 atom stereocenters. The van der Waals surface area contributed by atoms with Gasteiger partial charge in [-0.25, -0.2) is 0 Å². The van der Waals surface area contributed by atoms with Gasteiger partial charge in [-0.3, -0.25) is 5.32 Å². The van der Waals surface area contributed by atoms with Crippen LogP contribution in [0.5, 0.6) is 0 Å². The van der Waals surface area contributed by atoms with Gasteiger partial charge in [0.25, 0.3) is 0 Å². The number of fused-ring (bicyclic) bond motifs is 1. The molecular weight excluding hydrogens is 270 g/mol. The number of nitrogens with one attached hydrogen (secondary N) is 1. The minimum Gasteiger partial charge on any atom is -0.301 e. The van der Waals surface area contributed by atoms with Crippen molar-refractivity contribution in [2.45, 2.75) is 38.8 Å². The molecule has 0 saturated carbocycles. The van der Waals surface area contributed by atoms with E-state index in [2.05, 4.69) is 44.3 Å². The zero-order valence-electron chi connectivity index (χ0n) is 13.5. The fourth-order valence-corrected chi connectivity index (χ4v) is 3.33. The first-order valence-electron chi connectivity index (χ1n) is 7.85. The van der Waals surface area contributed by atoms with Crippen molar-refractivity contribution in [2.75, 3.05) is 0 Å². The quantitative estimate of drug-likeness (QED) is 0.856. The van der Waals surface area contributed by atoms with E-state index in [-0.39, 0.29) is 11.5 Å². The minimum atomic E-state index is -0.756. The van der Waals surface area contributed by atoms with Gasteiger partial charge in [0.2, 0.25) is 0 Å². The van der Waals surface area contributed by atoms with Crippen LogP contribution in [0, 0.1) is 5.41 Å². The molecule has 2 heteroatoms. The number of hydrogen-bond acceptors (Lipinski definition) is 2. The monoisotopic (exact) mass is 293 g/mol. The molecule has 0 spiro atoms. The Kier molecular flexibility index (Phi) is 3.65. The zero-order chi connectivity index (χ0) is 15.8. The highest BCUT2D eigenvalue weighted by Crippen LogP contribution is 2.38. The smallest absolute Gasteiger partial charge is 0.149 e. The number of rotatable bonds is 2. The standard InChI is InChI=1S/C20H23NO/c1-19(2,3)18-13-15-9-7-8-12-17(15)20(14-22,21-18)16-10-5-4-6-11-16/h4-12,14,18,21H,13H2,1-3H3. The molecule has 0 fully saturated rings. The van der Waals surface area contributed by atoms with Gasteiger partial charge in [0.1, 0.15) is 11.8 Å². The number of aldehydes is 1. The van der Waals surface area contributed by atoms with Crippen LogP contribution in [0.3, 0.4) is 0 Å². The fraction of sp³-hybridized carbons (Fsp3) is 0.350. The molecule has 0 amide bonds. The van der Waals surface area contributed by atoms with Crippen molar-refractivity contribution in [3.05, 3.63) is 71.3 Å². The highest BCUT2D eigenvalue weighted by atomic mass is 16.1. The second kappa shape index (κ2) is 5.36.